The zero-order valence-electron chi connectivity index (χ0n) is 10.7. The van der Waals surface area contributed by atoms with E-state index < -0.39 is 12.1 Å². The van der Waals surface area contributed by atoms with E-state index in [2.05, 4.69) is 0 Å². The molecule has 2 rings (SSSR count). The highest BCUT2D eigenvalue weighted by Gasteiger charge is 2.14. The molecular formula is C16H16O3. The molecule has 0 aliphatic heterocycles. The van der Waals surface area contributed by atoms with Crippen LogP contribution in [0.5, 0.6) is 5.75 Å². The highest BCUT2D eigenvalue weighted by atomic mass is 16.5. The quantitative estimate of drug-likeness (QED) is 0.894. The van der Waals surface area contributed by atoms with Gasteiger partial charge in [0.15, 0.2) is 6.10 Å². The van der Waals surface area contributed by atoms with Gasteiger partial charge in [0.1, 0.15) is 5.75 Å². The van der Waals surface area contributed by atoms with Crippen LogP contribution in [-0.4, -0.2) is 17.2 Å². The third kappa shape index (κ3) is 3.58. The molecule has 0 saturated heterocycles. The normalized spacial score (nSPS) is 11.8. The third-order valence-electron chi connectivity index (χ3n) is 2.86. The van der Waals surface area contributed by atoms with Crippen molar-refractivity contribution in [3.8, 4) is 5.75 Å². The lowest BCUT2D eigenvalue weighted by Crippen LogP contribution is -2.23. The fraction of sp³-hybridized carbons (Fsp3) is 0.188. The van der Waals surface area contributed by atoms with E-state index in [4.69, 9.17) is 9.84 Å². The molecule has 0 aromatic heterocycles. The molecule has 0 aliphatic carbocycles. The molecule has 0 aliphatic rings. The number of ether oxygens (including phenoxy) is 1. The van der Waals surface area contributed by atoms with E-state index in [1.54, 1.807) is 6.07 Å². The van der Waals surface area contributed by atoms with Crippen molar-refractivity contribution in [2.75, 3.05) is 0 Å². The van der Waals surface area contributed by atoms with Crippen molar-refractivity contribution in [2.24, 2.45) is 0 Å². The molecule has 3 heteroatoms. The highest BCUT2D eigenvalue weighted by molar-refractivity contribution is 5.72. The van der Waals surface area contributed by atoms with Gasteiger partial charge in [-0.1, -0.05) is 48.5 Å². The Balaban J connectivity index is 2.19. The van der Waals surface area contributed by atoms with Crippen LogP contribution in [0.2, 0.25) is 0 Å². The van der Waals surface area contributed by atoms with Crippen LogP contribution < -0.4 is 4.74 Å². The van der Waals surface area contributed by atoms with Gasteiger partial charge in [0.2, 0.25) is 0 Å². The number of benzene rings is 2. The summed E-state index contributed by atoms with van der Waals surface area (Å²) in [5.74, 6) is -0.337. The average molecular weight is 256 g/mol. The second-order valence-electron chi connectivity index (χ2n) is 4.37. The molecule has 2 aromatic carbocycles. The number of hydrogen-bond donors (Lipinski definition) is 1. The summed E-state index contributed by atoms with van der Waals surface area (Å²) in [6, 6.07) is 17.5. The number of aliphatic carboxylic acids is 1. The summed E-state index contributed by atoms with van der Waals surface area (Å²) in [5, 5.41) is 8.90. The Morgan fingerprint density at radius 3 is 2.42 bits per heavy atom. The molecule has 1 N–H and O–H groups in total. The number of carboxylic acid groups (broad SMARTS) is 1. The first-order valence-electron chi connectivity index (χ1n) is 6.18. The maximum absolute atomic E-state index is 10.8. The van der Waals surface area contributed by atoms with Crippen LogP contribution in [0.1, 0.15) is 18.1 Å². The first-order chi connectivity index (χ1) is 9.16. The van der Waals surface area contributed by atoms with Gasteiger partial charge in [-0.25, -0.2) is 4.79 Å². The maximum atomic E-state index is 10.8. The molecule has 0 radical (unpaired) electrons. The Morgan fingerprint density at radius 2 is 1.74 bits per heavy atom. The molecule has 19 heavy (non-hydrogen) atoms. The Bertz CT molecular complexity index is 549. The van der Waals surface area contributed by atoms with Crippen LogP contribution in [0.15, 0.2) is 54.6 Å². The second kappa shape index (κ2) is 6.05. The smallest absolute Gasteiger partial charge is 0.344 e. The highest BCUT2D eigenvalue weighted by Crippen LogP contribution is 2.22. The molecule has 98 valence electrons. The average Bonchev–Trinajstić information content (AvgIpc) is 2.42. The predicted molar refractivity (Wildman–Crippen MR) is 73.4 cm³/mol. The Kier molecular flexibility index (Phi) is 4.18. The van der Waals surface area contributed by atoms with Gasteiger partial charge in [-0.05, 0) is 24.1 Å². The van der Waals surface area contributed by atoms with Crippen LogP contribution >= 0.6 is 0 Å². The first-order valence-corrected chi connectivity index (χ1v) is 6.18. The van der Waals surface area contributed by atoms with Gasteiger partial charge >= 0.3 is 5.97 Å². The van der Waals surface area contributed by atoms with E-state index in [-0.39, 0.29) is 0 Å². The second-order valence-corrected chi connectivity index (χ2v) is 4.37. The van der Waals surface area contributed by atoms with Crippen molar-refractivity contribution in [1.82, 2.24) is 0 Å². The number of carbonyl (C=O) groups is 1. The van der Waals surface area contributed by atoms with Gasteiger partial charge in [0.05, 0.1) is 0 Å². The number of hydrogen-bond acceptors (Lipinski definition) is 2. The van der Waals surface area contributed by atoms with E-state index in [1.165, 1.54) is 12.5 Å². The largest absolute Gasteiger partial charge is 0.479 e. The summed E-state index contributed by atoms with van der Waals surface area (Å²) < 4.78 is 5.48. The fourth-order valence-electron chi connectivity index (χ4n) is 1.82. The molecule has 0 heterocycles. The van der Waals surface area contributed by atoms with Crippen LogP contribution in [0, 0.1) is 0 Å². The van der Waals surface area contributed by atoms with Crippen molar-refractivity contribution in [2.45, 2.75) is 19.4 Å². The molecule has 0 bridgehead atoms. The van der Waals surface area contributed by atoms with Crippen molar-refractivity contribution < 1.29 is 14.6 Å². The number of para-hydroxylation sites is 1. The molecule has 1 atom stereocenters. The molecule has 0 amide bonds. The molecule has 3 nitrogen and oxygen atoms in total. The first kappa shape index (κ1) is 13.1. The van der Waals surface area contributed by atoms with E-state index in [0.717, 1.165) is 12.0 Å². The lowest BCUT2D eigenvalue weighted by Gasteiger charge is -2.14. The summed E-state index contributed by atoms with van der Waals surface area (Å²) in [5.41, 5.74) is 2.16. The molecule has 1 unspecified atom stereocenters. The molecule has 0 saturated carbocycles. The topological polar surface area (TPSA) is 46.5 Å². The van der Waals surface area contributed by atoms with Gasteiger partial charge in [-0.2, -0.15) is 0 Å². The number of rotatable bonds is 5. The van der Waals surface area contributed by atoms with Crippen LogP contribution in [-0.2, 0) is 11.2 Å². The Hall–Kier alpha value is -2.29. The van der Waals surface area contributed by atoms with Gasteiger partial charge < -0.3 is 9.84 Å². The molecule has 0 fully saturated rings. The SMILES string of the molecule is CC(Oc1ccccc1Cc1ccccc1)C(=O)O. The number of carboxylic acids is 1. The van der Waals surface area contributed by atoms with E-state index in [0.29, 0.717) is 5.75 Å². The van der Waals surface area contributed by atoms with Crippen molar-refractivity contribution in [3.63, 3.8) is 0 Å². The monoisotopic (exact) mass is 256 g/mol. The summed E-state index contributed by atoms with van der Waals surface area (Å²) in [7, 11) is 0. The van der Waals surface area contributed by atoms with Crippen molar-refractivity contribution >= 4 is 5.97 Å². The summed E-state index contributed by atoms with van der Waals surface area (Å²) in [6.45, 7) is 1.53. The zero-order valence-corrected chi connectivity index (χ0v) is 10.7. The van der Waals surface area contributed by atoms with Crippen LogP contribution in [0.3, 0.4) is 0 Å². The predicted octanol–water partition coefficient (Wildman–Crippen LogP) is 3.13. The van der Waals surface area contributed by atoms with Crippen molar-refractivity contribution in [3.05, 3.63) is 65.7 Å². The van der Waals surface area contributed by atoms with E-state index >= 15 is 0 Å². The third-order valence-corrected chi connectivity index (χ3v) is 2.86. The van der Waals surface area contributed by atoms with Crippen LogP contribution in [0.4, 0.5) is 0 Å². The minimum absolute atomic E-state index is 0.626. The maximum Gasteiger partial charge on any atom is 0.344 e. The van der Waals surface area contributed by atoms with Crippen LogP contribution in [0.25, 0.3) is 0 Å². The summed E-state index contributed by atoms with van der Waals surface area (Å²) >= 11 is 0. The molecule has 0 spiro atoms. The minimum Gasteiger partial charge on any atom is -0.479 e. The van der Waals surface area contributed by atoms with Gasteiger partial charge in [0, 0.05) is 6.42 Å². The van der Waals surface area contributed by atoms with Gasteiger partial charge in [-0.3, -0.25) is 0 Å². The van der Waals surface area contributed by atoms with E-state index in [9.17, 15) is 4.79 Å². The lowest BCUT2D eigenvalue weighted by molar-refractivity contribution is -0.144. The lowest BCUT2D eigenvalue weighted by atomic mass is 10.0. The zero-order chi connectivity index (χ0) is 13.7. The molecule has 2 aromatic rings. The van der Waals surface area contributed by atoms with E-state index in [1.807, 2.05) is 48.5 Å². The summed E-state index contributed by atoms with van der Waals surface area (Å²) in [6.07, 6.45) is -0.125. The van der Waals surface area contributed by atoms with Gasteiger partial charge in [-0.15, -0.1) is 0 Å². The summed E-state index contributed by atoms with van der Waals surface area (Å²) in [4.78, 5) is 10.8. The fourth-order valence-corrected chi connectivity index (χ4v) is 1.82. The minimum atomic E-state index is -0.963. The molecular weight excluding hydrogens is 240 g/mol. The Morgan fingerprint density at radius 1 is 1.11 bits per heavy atom. The standard InChI is InChI=1S/C16H16O3/c1-12(16(17)18)19-15-10-6-5-9-14(15)11-13-7-3-2-4-8-13/h2-10,12H,11H2,1H3,(H,17,18). The van der Waals surface area contributed by atoms with Gasteiger partial charge in [0.25, 0.3) is 0 Å². The Labute approximate surface area is 112 Å². The van der Waals surface area contributed by atoms with Crippen molar-refractivity contribution in [1.29, 1.82) is 0 Å².